The number of rotatable bonds is 4. The minimum Gasteiger partial charge on any atom is -0.348 e. The fourth-order valence-corrected chi connectivity index (χ4v) is 3.36. The molecule has 25 heavy (non-hydrogen) atoms. The summed E-state index contributed by atoms with van der Waals surface area (Å²) in [6, 6.07) is 14.8. The lowest BCUT2D eigenvalue weighted by atomic mass is 10.1. The van der Waals surface area contributed by atoms with Gasteiger partial charge in [-0.2, -0.15) is 0 Å². The molecule has 2 amide bonds. The lowest BCUT2D eigenvalue weighted by Crippen LogP contribution is -2.35. The fraction of sp³-hybridized carbons (Fsp3) is 0.300. The molecule has 0 saturated carbocycles. The van der Waals surface area contributed by atoms with Crippen molar-refractivity contribution in [3.05, 3.63) is 69.7 Å². The lowest BCUT2D eigenvalue weighted by Gasteiger charge is -2.26. The molecule has 2 aromatic rings. The zero-order valence-corrected chi connectivity index (χ0v) is 15.6. The Hall–Kier alpha value is -2.14. The zero-order valence-electron chi connectivity index (χ0n) is 14.0. The first-order chi connectivity index (χ1) is 12.1. The Bertz CT molecular complexity index is 753. The van der Waals surface area contributed by atoms with Crippen molar-refractivity contribution in [3.8, 4) is 0 Å². The van der Waals surface area contributed by atoms with E-state index in [1.54, 1.807) is 12.1 Å². The first kappa shape index (κ1) is 17.7. The van der Waals surface area contributed by atoms with E-state index in [-0.39, 0.29) is 11.8 Å². The summed E-state index contributed by atoms with van der Waals surface area (Å²) in [4.78, 5) is 26.5. The third kappa shape index (κ3) is 4.69. The van der Waals surface area contributed by atoms with E-state index in [1.165, 1.54) is 6.42 Å². The maximum Gasteiger partial charge on any atom is 0.253 e. The number of carbonyl (C=O) groups excluding carboxylic acids is 2. The minimum absolute atomic E-state index is 0.101. The summed E-state index contributed by atoms with van der Waals surface area (Å²) >= 11 is 3.36. The summed E-state index contributed by atoms with van der Waals surface area (Å²) in [6.45, 7) is 2.14. The van der Waals surface area contributed by atoms with Crippen LogP contribution in [0.15, 0.2) is 53.0 Å². The van der Waals surface area contributed by atoms with Gasteiger partial charge in [0.2, 0.25) is 0 Å². The lowest BCUT2D eigenvalue weighted by molar-refractivity contribution is 0.0724. The molecule has 0 aliphatic carbocycles. The number of halogens is 1. The predicted octanol–water partition coefficient (Wildman–Crippen LogP) is 4.01. The standard InChI is InChI=1S/C20H21BrN2O2/c21-18-6-4-5-17(13-18)19(24)22-14-15-7-9-16(10-8-15)20(25)23-11-2-1-3-12-23/h4-10,13H,1-3,11-12,14H2,(H,22,24). The van der Waals surface area contributed by atoms with Crippen molar-refractivity contribution in [2.75, 3.05) is 13.1 Å². The topological polar surface area (TPSA) is 49.4 Å². The van der Waals surface area contributed by atoms with Gasteiger partial charge in [0.05, 0.1) is 0 Å². The molecule has 0 radical (unpaired) electrons. The van der Waals surface area contributed by atoms with Gasteiger partial charge in [-0.3, -0.25) is 9.59 Å². The van der Waals surface area contributed by atoms with Crippen LogP contribution in [-0.2, 0) is 6.54 Å². The Morgan fingerprint density at radius 1 is 0.960 bits per heavy atom. The second-order valence-corrected chi connectivity index (χ2v) is 7.16. The van der Waals surface area contributed by atoms with Gasteiger partial charge in [-0.15, -0.1) is 0 Å². The Morgan fingerprint density at radius 3 is 2.36 bits per heavy atom. The van der Waals surface area contributed by atoms with Gasteiger partial charge in [-0.05, 0) is 55.2 Å². The van der Waals surface area contributed by atoms with E-state index in [0.717, 1.165) is 36.0 Å². The van der Waals surface area contributed by atoms with Crippen molar-refractivity contribution in [1.82, 2.24) is 10.2 Å². The average Bonchev–Trinajstić information content (AvgIpc) is 2.66. The maximum absolute atomic E-state index is 12.4. The molecule has 1 fully saturated rings. The van der Waals surface area contributed by atoms with Crippen LogP contribution in [0.2, 0.25) is 0 Å². The summed E-state index contributed by atoms with van der Waals surface area (Å²) < 4.78 is 0.876. The smallest absolute Gasteiger partial charge is 0.253 e. The number of hydrogen-bond donors (Lipinski definition) is 1. The third-order valence-corrected chi connectivity index (χ3v) is 4.88. The van der Waals surface area contributed by atoms with Crippen molar-refractivity contribution >= 4 is 27.7 Å². The normalized spacial score (nSPS) is 14.2. The molecule has 0 unspecified atom stereocenters. The number of nitrogens with zero attached hydrogens (tertiary/aromatic N) is 1. The van der Waals surface area contributed by atoms with Gasteiger partial charge in [-0.1, -0.05) is 34.1 Å². The monoisotopic (exact) mass is 400 g/mol. The summed E-state index contributed by atoms with van der Waals surface area (Å²) in [6.07, 6.45) is 3.39. The predicted molar refractivity (Wildman–Crippen MR) is 102 cm³/mol. The number of likely N-dealkylation sites (tertiary alicyclic amines) is 1. The average molecular weight is 401 g/mol. The van der Waals surface area contributed by atoms with Crippen molar-refractivity contribution in [1.29, 1.82) is 0 Å². The molecule has 0 atom stereocenters. The van der Waals surface area contributed by atoms with Crippen LogP contribution in [-0.4, -0.2) is 29.8 Å². The molecule has 1 saturated heterocycles. The molecular weight excluding hydrogens is 380 g/mol. The molecule has 0 spiro atoms. The molecule has 2 aromatic carbocycles. The van der Waals surface area contributed by atoms with Crippen molar-refractivity contribution in [2.45, 2.75) is 25.8 Å². The highest BCUT2D eigenvalue weighted by atomic mass is 79.9. The Labute approximate surface area is 156 Å². The van der Waals surface area contributed by atoms with E-state index in [0.29, 0.717) is 17.7 Å². The number of amides is 2. The van der Waals surface area contributed by atoms with Crippen LogP contribution in [0.4, 0.5) is 0 Å². The van der Waals surface area contributed by atoms with Gasteiger partial charge in [0.1, 0.15) is 0 Å². The quantitative estimate of drug-likeness (QED) is 0.842. The number of benzene rings is 2. The van der Waals surface area contributed by atoms with E-state index in [2.05, 4.69) is 21.2 Å². The minimum atomic E-state index is -0.116. The highest BCUT2D eigenvalue weighted by molar-refractivity contribution is 9.10. The third-order valence-electron chi connectivity index (χ3n) is 4.38. The van der Waals surface area contributed by atoms with Crippen molar-refractivity contribution < 1.29 is 9.59 Å². The van der Waals surface area contributed by atoms with E-state index in [9.17, 15) is 9.59 Å². The molecule has 0 aromatic heterocycles. The Morgan fingerprint density at radius 2 is 1.68 bits per heavy atom. The summed E-state index contributed by atoms with van der Waals surface area (Å²) in [5.41, 5.74) is 2.30. The number of piperidine rings is 1. The second-order valence-electron chi connectivity index (χ2n) is 6.24. The molecule has 1 aliphatic rings. The molecule has 5 heteroatoms. The van der Waals surface area contributed by atoms with Crippen LogP contribution in [0.25, 0.3) is 0 Å². The molecule has 130 valence electrons. The van der Waals surface area contributed by atoms with Gasteiger partial charge < -0.3 is 10.2 Å². The van der Waals surface area contributed by atoms with Crippen LogP contribution >= 0.6 is 15.9 Å². The SMILES string of the molecule is O=C(NCc1ccc(C(=O)N2CCCCC2)cc1)c1cccc(Br)c1. The van der Waals surface area contributed by atoms with Crippen LogP contribution in [0, 0.1) is 0 Å². The van der Waals surface area contributed by atoms with E-state index in [4.69, 9.17) is 0 Å². The van der Waals surface area contributed by atoms with E-state index < -0.39 is 0 Å². The molecular formula is C20H21BrN2O2. The summed E-state index contributed by atoms with van der Waals surface area (Å²) in [5.74, 6) is -0.0146. The fourth-order valence-electron chi connectivity index (χ4n) is 2.96. The molecule has 1 heterocycles. The summed E-state index contributed by atoms with van der Waals surface area (Å²) in [7, 11) is 0. The second kappa shape index (κ2) is 8.30. The number of hydrogen-bond acceptors (Lipinski definition) is 2. The van der Waals surface area contributed by atoms with Gasteiger partial charge >= 0.3 is 0 Å². The number of carbonyl (C=O) groups is 2. The molecule has 0 bridgehead atoms. The highest BCUT2D eigenvalue weighted by Crippen LogP contribution is 2.14. The Kier molecular flexibility index (Phi) is 5.87. The van der Waals surface area contributed by atoms with Crippen molar-refractivity contribution in [3.63, 3.8) is 0 Å². The summed E-state index contributed by atoms with van der Waals surface area (Å²) in [5, 5.41) is 2.90. The molecule has 1 N–H and O–H groups in total. The molecule has 4 nitrogen and oxygen atoms in total. The van der Waals surface area contributed by atoms with Crippen LogP contribution in [0.1, 0.15) is 45.5 Å². The van der Waals surface area contributed by atoms with Gasteiger partial charge in [0.25, 0.3) is 11.8 Å². The van der Waals surface area contributed by atoms with E-state index in [1.807, 2.05) is 41.3 Å². The highest BCUT2D eigenvalue weighted by Gasteiger charge is 2.17. The maximum atomic E-state index is 12.4. The molecule has 1 aliphatic heterocycles. The first-order valence-corrected chi connectivity index (χ1v) is 9.35. The van der Waals surface area contributed by atoms with Crippen LogP contribution in [0.5, 0.6) is 0 Å². The van der Waals surface area contributed by atoms with E-state index >= 15 is 0 Å². The van der Waals surface area contributed by atoms with Gasteiger partial charge in [0.15, 0.2) is 0 Å². The van der Waals surface area contributed by atoms with Gasteiger partial charge in [-0.25, -0.2) is 0 Å². The zero-order chi connectivity index (χ0) is 17.6. The van der Waals surface area contributed by atoms with Crippen LogP contribution in [0.3, 0.4) is 0 Å². The van der Waals surface area contributed by atoms with Crippen LogP contribution < -0.4 is 5.32 Å². The largest absolute Gasteiger partial charge is 0.348 e. The first-order valence-electron chi connectivity index (χ1n) is 8.55. The van der Waals surface area contributed by atoms with Gasteiger partial charge in [0, 0.05) is 35.2 Å². The van der Waals surface area contributed by atoms with Crippen molar-refractivity contribution in [2.24, 2.45) is 0 Å². The number of nitrogens with one attached hydrogen (secondary N) is 1. The molecule has 3 rings (SSSR count). The Balaban J connectivity index is 1.57.